The number of carboxylic acid groups (broad SMARTS) is 2. The SMILES string of the molecule is C[C@H](NC(=O)[C@@H](C)O[C@H]1[C@H](O)[C@@H](CO)O[C@H](OP(=O)(O)OP(=O)(O)OC[C@H]2O[C@@H](n3ccc(=O)[nH]c3=O)[C@H](O)[C@@H]2O)[C@@H]1NC(=O)CO)C(=O)N[C@H](CCC(=O)N[C@@H](CCCCNC(=S)Nc1ccc2c(c1)C(=O)OC21c2ccc(O)cc2Oc2cc(O)ccc21)C(=O)N[C@H](C)C(=O)N[C@H](C)C(=O)O)C(=O)O. The van der Waals surface area contributed by atoms with Crippen molar-refractivity contribution in [3.05, 3.63) is 110 Å². The summed E-state index contributed by atoms with van der Waals surface area (Å²) in [6.45, 7) is 0.927. The number of hydrogen-bond donors (Lipinski definition) is 20. The number of carbonyl (C=O) groups excluding carboxylic acids is 7. The Kier molecular flexibility index (Phi) is 27.1. The van der Waals surface area contributed by atoms with Crippen LogP contribution in [0.25, 0.3) is 0 Å². The number of fused-ring (bicyclic) bond motifs is 6. The maximum atomic E-state index is 13.7. The number of aliphatic hydroxyl groups excluding tert-OH is 5. The molecule has 2 saturated heterocycles. The maximum absolute atomic E-state index is 13.7. The topological polar surface area (TPSA) is 635 Å². The lowest BCUT2D eigenvalue weighted by Crippen LogP contribution is -2.66. The van der Waals surface area contributed by atoms with Gasteiger partial charge in [-0.1, -0.05) is 6.07 Å². The molecule has 1 spiro atoms. The maximum Gasteiger partial charge on any atom is 0.483 e. The lowest BCUT2D eigenvalue weighted by molar-refractivity contribution is -0.261. The molecule has 0 bridgehead atoms. The van der Waals surface area contributed by atoms with Gasteiger partial charge < -0.3 is 122 Å². The van der Waals surface area contributed by atoms with E-state index >= 15 is 0 Å². The molecule has 3 aromatic carbocycles. The van der Waals surface area contributed by atoms with E-state index in [0.29, 0.717) is 26.9 Å². The van der Waals surface area contributed by atoms with Crippen molar-refractivity contribution in [2.45, 2.75) is 157 Å². The van der Waals surface area contributed by atoms with Crippen LogP contribution in [0.1, 0.15) is 93.1 Å². The molecule has 4 aromatic rings. The third kappa shape index (κ3) is 20.0. The van der Waals surface area contributed by atoms with Gasteiger partial charge in [0, 0.05) is 59.7 Å². The molecule has 6 amide bonds. The molecule has 4 aliphatic rings. The lowest BCUT2D eigenvalue weighted by atomic mass is 9.77. The number of thiocarbonyl (C=S) groups is 1. The fourth-order valence-electron chi connectivity index (χ4n) is 11.4. The van der Waals surface area contributed by atoms with E-state index in [9.17, 15) is 118 Å². The summed E-state index contributed by atoms with van der Waals surface area (Å²) in [4.78, 5) is 164. The second-order valence-corrected chi connectivity index (χ2v) is 27.9. The zero-order valence-corrected chi connectivity index (χ0v) is 58.7. The first-order valence-corrected chi connectivity index (χ1v) is 35.5. The lowest BCUT2D eigenvalue weighted by Gasteiger charge is -2.44. The Balaban J connectivity index is 0.842. The number of phosphoric ester groups is 2. The zero-order chi connectivity index (χ0) is 78.0. The minimum Gasteiger partial charge on any atom is -0.508 e. The number of carboxylic acids is 2. The highest BCUT2D eigenvalue weighted by Crippen LogP contribution is 2.62. The molecule has 5 heterocycles. The number of nitrogens with zero attached hydrogens (tertiary/aromatic N) is 1. The van der Waals surface area contributed by atoms with Gasteiger partial charge in [0.15, 0.2) is 23.2 Å². The van der Waals surface area contributed by atoms with Crippen LogP contribution in [-0.4, -0.2) is 235 Å². The molecule has 4 aliphatic heterocycles. The molecule has 20 N–H and O–H groups in total. The van der Waals surface area contributed by atoms with Crippen LogP contribution in [-0.2, 0) is 85.4 Å². The molecule has 17 atom stereocenters. The van der Waals surface area contributed by atoms with Gasteiger partial charge in [0.2, 0.25) is 35.4 Å². The highest BCUT2D eigenvalue weighted by Gasteiger charge is 2.55. The molecule has 0 aliphatic carbocycles. The van der Waals surface area contributed by atoms with Crippen molar-refractivity contribution >= 4 is 92.0 Å². The number of aliphatic hydroxyl groups is 5. The van der Waals surface area contributed by atoms with Crippen LogP contribution in [0.4, 0.5) is 5.69 Å². The van der Waals surface area contributed by atoms with Gasteiger partial charge >= 0.3 is 39.2 Å². The van der Waals surface area contributed by atoms with Gasteiger partial charge in [-0.25, -0.2) is 23.5 Å². The van der Waals surface area contributed by atoms with Crippen LogP contribution in [0, 0.1) is 0 Å². The number of benzene rings is 3. The first-order valence-electron chi connectivity index (χ1n) is 32.1. The Morgan fingerprint density at radius 2 is 1.31 bits per heavy atom. The number of phenolic OH excluding ortho intramolecular Hbond substituents is 2. The second kappa shape index (κ2) is 34.9. The number of phenols is 2. The van der Waals surface area contributed by atoms with Crippen LogP contribution in [0.3, 0.4) is 0 Å². The standard InChI is InChI=1S/C61H76N10O32P2S/c1-25(50(82)65-27(3)55(86)87)64-53(85)36(7-5-6-17-62-59(106)66-29-8-11-33-32(19-29)57(90)101-61(33)34-12-9-30(74)20-38(34)98-39-21-31(75)10-13-35(39)61)67-42(76)15-14-37(56(88)89)68-51(83)26(2)63-52(84)28(4)97-49-45(69-44(78)23-73)58(100-40(22-72)47(49)80)102-105(94,95)103-104(92,93)96-24-41-46(79)48(81)54(99-41)71-18-16-43(77)70-60(71)91/h8-13,16,18-21,25-28,36-37,40-41,45-49,54,58,72-75,79-81H,5-7,14-15,17,22-24H2,1-4H3,(H,63,84)(H,64,85)(H,65,82)(H,67,76)(H,68,83)(H,69,78)(H,86,87)(H,88,89)(H,92,93)(H,94,95)(H2,62,66,106)(H,70,77,91)/t25-,26+,27-,28-,36+,37-,40-,41-,45-,46-,47-,48-,49-,54-,58-/m1/s1. The quantitative estimate of drug-likeness (QED) is 0.00945. The van der Waals surface area contributed by atoms with E-state index in [1.165, 1.54) is 44.2 Å². The molecule has 578 valence electrons. The van der Waals surface area contributed by atoms with E-state index in [1.54, 1.807) is 24.3 Å². The van der Waals surface area contributed by atoms with Gasteiger partial charge in [0.05, 0.1) is 18.8 Å². The van der Waals surface area contributed by atoms with Crippen molar-refractivity contribution in [1.82, 2.24) is 46.8 Å². The largest absolute Gasteiger partial charge is 0.508 e. The minimum atomic E-state index is -6.07. The Labute approximate surface area is 603 Å². The van der Waals surface area contributed by atoms with E-state index in [-0.39, 0.29) is 59.5 Å². The van der Waals surface area contributed by atoms with Gasteiger partial charge in [0.25, 0.3) is 5.56 Å². The highest BCUT2D eigenvalue weighted by molar-refractivity contribution is 7.80. The van der Waals surface area contributed by atoms with Crippen molar-refractivity contribution in [2.75, 3.05) is 31.7 Å². The Morgan fingerprint density at radius 1 is 0.689 bits per heavy atom. The Hall–Kier alpha value is -9.40. The summed E-state index contributed by atoms with van der Waals surface area (Å²) in [5.41, 5.74) is -1.68. The molecule has 1 aromatic heterocycles. The average molecular weight is 1560 g/mol. The number of aromatic nitrogens is 2. The second-order valence-electron chi connectivity index (χ2n) is 24.5. The normalized spacial score (nSPS) is 23.2. The number of nitrogens with one attached hydrogen (secondary N) is 9. The number of phosphoric acid groups is 2. The molecule has 45 heteroatoms. The number of rotatable bonds is 33. The third-order valence-corrected chi connectivity index (χ3v) is 19.6. The molecule has 0 saturated carbocycles. The summed E-state index contributed by atoms with van der Waals surface area (Å²) in [6, 6.07) is 4.52. The van der Waals surface area contributed by atoms with Gasteiger partial charge in [0.1, 0.15) is 109 Å². The Bertz CT molecular complexity index is 4190. The van der Waals surface area contributed by atoms with Crippen molar-refractivity contribution in [3.8, 4) is 23.0 Å². The predicted molar refractivity (Wildman–Crippen MR) is 357 cm³/mol. The number of aromatic amines is 1. The molecule has 0 radical (unpaired) electrons. The smallest absolute Gasteiger partial charge is 0.483 e. The summed E-state index contributed by atoms with van der Waals surface area (Å²) >= 11 is 5.53. The van der Waals surface area contributed by atoms with Crippen molar-refractivity contribution in [3.63, 3.8) is 0 Å². The molecule has 8 rings (SSSR count). The van der Waals surface area contributed by atoms with Gasteiger partial charge in [-0.2, -0.15) is 4.31 Å². The van der Waals surface area contributed by atoms with Crippen LogP contribution >= 0.6 is 27.9 Å². The highest BCUT2D eigenvalue weighted by atomic mass is 32.1. The minimum absolute atomic E-state index is 0.0918. The number of ether oxygens (including phenoxy) is 5. The molecular weight excluding hydrogens is 1480 g/mol. The van der Waals surface area contributed by atoms with Crippen molar-refractivity contribution < 1.29 is 145 Å². The first-order chi connectivity index (χ1) is 49.8. The number of aromatic hydroxyl groups is 2. The summed E-state index contributed by atoms with van der Waals surface area (Å²) in [7, 11) is -11.9. The number of esters is 1. The summed E-state index contributed by atoms with van der Waals surface area (Å²) in [5.74, 6) is -10.2. The molecule has 2 unspecified atom stereocenters. The number of hydrogen-bond acceptors (Lipinski definition) is 29. The summed E-state index contributed by atoms with van der Waals surface area (Å²) in [6.07, 6.45) is -17.9. The summed E-state index contributed by atoms with van der Waals surface area (Å²) < 4.78 is 69.5. The molecular formula is C61H76N10O32P2S. The summed E-state index contributed by atoms with van der Waals surface area (Å²) in [5, 5.41) is 111. The fraction of sp³-hybridized carbons (Fsp3) is 0.475. The van der Waals surface area contributed by atoms with E-state index in [2.05, 4.69) is 46.1 Å². The zero-order valence-electron chi connectivity index (χ0n) is 56.1. The molecule has 42 nitrogen and oxygen atoms in total. The van der Waals surface area contributed by atoms with Crippen molar-refractivity contribution in [2.24, 2.45) is 0 Å². The number of amides is 6. The van der Waals surface area contributed by atoms with Crippen LogP contribution in [0.2, 0.25) is 0 Å². The first kappa shape index (κ1) is 82.3. The van der Waals surface area contributed by atoms with Crippen LogP contribution in [0.15, 0.2) is 76.4 Å². The van der Waals surface area contributed by atoms with E-state index in [1.807, 2.05) is 10.3 Å². The van der Waals surface area contributed by atoms with E-state index in [0.717, 1.165) is 26.1 Å². The van der Waals surface area contributed by atoms with E-state index < -0.39 is 210 Å². The van der Waals surface area contributed by atoms with Crippen LogP contribution in [0.5, 0.6) is 23.0 Å². The fourth-order valence-corrected chi connectivity index (χ4v) is 13.8. The monoisotopic (exact) mass is 1550 g/mol. The van der Waals surface area contributed by atoms with E-state index in [4.69, 9.17) is 40.4 Å². The number of unbranched alkanes of at least 4 members (excludes halogenated alkanes) is 1. The molecule has 106 heavy (non-hydrogen) atoms. The molecule has 2 fully saturated rings. The predicted octanol–water partition coefficient (Wildman–Crippen LogP) is -3.70. The van der Waals surface area contributed by atoms with Gasteiger partial charge in [-0.3, -0.25) is 57.0 Å². The van der Waals surface area contributed by atoms with Crippen LogP contribution < -0.4 is 58.5 Å². The third-order valence-electron chi connectivity index (χ3n) is 16.8. The van der Waals surface area contributed by atoms with Crippen molar-refractivity contribution in [1.29, 1.82) is 0 Å². The van der Waals surface area contributed by atoms with Gasteiger partial charge in [-0.15, -0.1) is 0 Å². The number of carbonyl (C=O) groups is 9. The Morgan fingerprint density at radius 3 is 1.92 bits per heavy atom. The van der Waals surface area contributed by atoms with Gasteiger partial charge in [-0.05, 0) is 102 Å². The number of aliphatic carboxylic acids is 2. The number of anilines is 1. The average Bonchev–Trinajstić information content (AvgIpc) is 1.48. The number of H-pyrrole nitrogens is 1.